The summed E-state index contributed by atoms with van der Waals surface area (Å²) in [6.07, 6.45) is 1.04. The summed E-state index contributed by atoms with van der Waals surface area (Å²) in [4.78, 5) is 0. The van der Waals surface area contributed by atoms with E-state index in [9.17, 15) is 0 Å². The second kappa shape index (κ2) is 4.67. The number of hydrogen-bond donors (Lipinski definition) is 1. The SMILES string of the molecule is CCc1ccc(OC)c(C(C)(C)CN)c1. The molecule has 0 amide bonds. The first kappa shape index (κ1) is 12.1. The maximum atomic E-state index is 5.80. The fraction of sp³-hybridized carbons (Fsp3) is 0.538. The molecular weight excluding hydrogens is 186 g/mol. The van der Waals surface area contributed by atoms with Crippen molar-refractivity contribution in [1.29, 1.82) is 0 Å². The highest BCUT2D eigenvalue weighted by atomic mass is 16.5. The average Bonchev–Trinajstić information content (AvgIpc) is 2.28. The van der Waals surface area contributed by atoms with Gasteiger partial charge in [-0.15, -0.1) is 0 Å². The third-order valence-corrected chi connectivity index (χ3v) is 2.91. The van der Waals surface area contributed by atoms with Gasteiger partial charge < -0.3 is 10.5 Å². The summed E-state index contributed by atoms with van der Waals surface area (Å²) in [7, 11) is 1.71. The number of benzene rings is 1. The van der Waals surface area contributed by atoms with Crippen LogP contribution in [0.3, 0.4) is 0 Å². The maximum Gasteiger partial charge on any atom is 0.122 e. The fourth-order valence-electron chi connectivity index (χ4n) is 1.61. The summed E-state index contributed by atoms with van der Waals surface area (Å²) in [5.41, 5.74) is 8.29. The van der Waals surface area contributed by atoms with Crippen LogP contribution in [0.5, 0.6) is 5.75 Å². The van der Waals surface area contributed by atoms with Crippen molar-refractivity contribution in [2.75, 3.05) is 13.7 Å². The third-order valence-electron chi connectivity index (χ3n) is 2.91. The molecule has 1 aromatic carbocycles. The number of methoxy groups -OCH3 is 1. The lowest BCUT2D eigenvalue weighted by Crippen LogP contribution is -2.28. The Labute approximate surface area is 92.4 Å². The van der Waals surface area contributed by atoms with Gasteiger partial charge in [-0.3, -0.25) is 0 Å². The molecule has 0 aliphatic carbocycles. The van der Waals surface area contributed by atoms with Crippen molar-refractivity contribution in [3.63, 3.8) is 0 Å². The van der Waals surface area contributed by atoms with Crippen LogP contribution in [0.15, 0.2) is 18.2 Å². The van der Waals surface area contributed by atoms with E-state index in [4.69, 9.17) is 10.5 Å². The predicted molar refractivity (Wildman–Crippen MR) is 64.5 cm³/mol. The maximum absolute atomic E-state index is 5.80. The number of hydrogen-bond acceptors (Lipinski definition) is 2. The molecule has 15 heavy (non-hydrogen) atoms. The van der Waals surface area contributed by atoms with E-state index in [-0.39, 0.29) is 5.41 Å². The van der Waals surface area contributed by atoms with Gasteiger partial charge in [0.15, 0.2) is 0 Å². The van der Waals surface area contributed by atoms with Gasteiger partial charge in [-0.05, 0) is 18.1 Å². The van der Waals surface area contributed by atoms with Crippen LogP contribution in [0.4, 0.5) is 0 Å². The van der Waals surface area contributed by atoms with Gasteiger partial charge in [0.1, 0.15) is 5.75 Å². The van der Waals surface area contributed by atoms with E-state index < -0.39 is 0 Å². The summed E-state index contributed by atoms with van der Waals surface area (Å²) in [6.45, 7) is 7.06. The van der Waals surface area contributed by atoms with Crippen molar-refractivity contribution in [2.45, 2.75) is 32.6 Å². The van der Waals surface area contributed by atoms with Crippen molar-refractivity contribution < 1.29 is 4.74 Å². The zero-order chi connectivity index (χ0) is 11.5. The van der Waals surface area contributed by atoms with Crippen LogP contribution >= 0.6 is 0 Å². The molecule has 2 heteroatoms. The molecule has 0 spiro atoms. The molecule has 1 aromatic rings. The highest BCUT2D eigenvalue weighted by molar-refractivity contribution is 5.42. The monoisotopic (exact) mass is 207 g/mol. The quantitative estimate of drug-likeness (QED) is 0.823. The number of ether oxygens (including phenoxy) is 1. The Balaban J connectivity index is 3.23. The summed E-state index contributed by atoms with van der Waals surface area (Å²) in [5.74, 6) is 0.933. The highest BCUT2D eigenvalue weighted by Crippen LogP contribution is 2.31. The van der Waals surface area contributed by atoms with Crippen molar-refractivity contribution in [3.05, 3.63) is 29.3 Å². The van der Waals surface area contributed by atoms with Gasteiger partial charge in [-0.25, -0.2) is 0 Å². The number of nitrogens with two attached hydrogens (primary N) is 1. The fourth-order valence-corrected chi connectivity index (χ4v) is 1.61. The number of aryl methyl sites for hydroxylation is 1. The molecule has 2 nitrogen and oxygen atoms in total. The van der Waals surface area contributed by atoms with Crippen molar-refractivity contribution >= 4 is 0 Å². The Morgan fingerprint density at radius 3 is 2.47 bits per heavy atom. The van der Waals surface area contributed by atoms with E-state index in [1.165, 1.54) is 11.1 Å². The first-order chi connectivity index (χ1) is 7.05. The lowest BCUT2D eigenvalue weighted by Gasteiger charge is -2.25. The minimum atomic E-state index is -0.0312. The van der Waals surface area contributed by atoms with Crippen LogP contribution in [-0.2, 0) is 11.8 Å². The standard InChI is InChI=1S/C13H21NO/c1-5-10-6-7-12(15-4)11(8-10)13(2,3)9-14/h6-8H,5,9,14H2,1-4H3. The third kappa shape index (κ3) is 2.51. The lowest BCUT2D eigenvalue weighted by atomic mass is 9.83. The summed E-state index contributed by atoms with van der Waals surface area (Å²) >= 11 is 0. The Morgan fingerprint density at radius 2 is 2.00 bits per heavy atom. The molecule has 0 atom stereocenters. The van der Waals surface area contributed by atoms with Crippen molar-refractivity contribution in [3.8, 4) is 5.75 Å². The highest BCUT2D eigenvalue weighted by Gasteiger charge is 2.22. The molecule has 0 aliphatic rings. The van der Waals surface area contributed by atoms with E-state index >= 15 is 0 Å². The van der Waals surface area contributed by atoms with Crippen LogP contribution in [0, 0.1) is 0 Å². The lowest BCUT2D eigenvalue weighted by molar-refractivity contribution is 0.393. The molecule has 0 fully saturated rings. The Morgan fingerprint density at radius 1 is 1.33 bits per heavy atom. The normalized spacial score (nSPS) is 11.5. The molecule has 0 heterocycles. The van der Waals surface area contributed by atoms with Crippen LogP contribution in [0.25, 0.3) is 0 Å². The van der Waals surface area contributed by atoms with Crippen LogP contribution in [-0.4, -0.2) is 13.7 Å². The zero-order valence-electron chi connectivity index (χ0n) is 10.1. The Kier molecular flexibility index (Phi) is 3.75. The van der Waals surface area contributed by atoms with Crippen LogP contribution < -0.4 is 10.5 Å². The molecule has 0 unspecified atom stereocenters. The smallest absolute Gasteiger partial charge is 0.122 e. The van der Waals surface area contributed by atoms with Crippen molar-refractivity contribution in [1.82, 2.24) is 0 Å². The summed E-state index contributed by atoms with van der Waals surface area (Å²) in [5, 5.41) is 0. The van der Waals surface area contributed by atoms with E-state index in [0.29, 0.717) is 6.54 Å². The topological polar surface area (TPSA) is 35.2 Å². The molecule has 0 saturated heterocycles. The molecule has 0 aromatic heterocycles. The van der Waals surface area contributed by atoms with Gasteiger partial charge in [0, 0.05) is 17.5 Å². The van der Waals surface area contributed by atoms with Gasteiger partial charge in [0.2, 0.25) is 0 Å². The summed E-state index contributed by atoms with van der Waals surface area (Å²) < 4.78 is 5.38. The van der Waals surface area contributed by atoms with Gasteiger partial charge in [0.05, 0.1) is 7.11 Å². The van der Waals surface area contributed by atoms with Gasteiger partial charge >= 0.3 is 0 Å². The Bertz CT molecular complexity index is 331. The molecular formula is C13H21NO. The predicted octanol–water partition coefficient (Wildman–Crippen LogP) is 2.49. The first-order valence-electron chi connectivity index (χ1n) is 5.42. The average molecular weight is 207 g/mol. The minimum absolute atomic E-state index is 0.0312. The molecule has 0 radical (unpaired) electrons. The van der Waals surface area contributed by atoms with Gasteiger partial charge in [-0.1, -0.05) is 32.9 Å². The van der Waals surface area contributed by atoms with Gasteiger partial charge in [-0.2, -0.15) is 0 Å². The molecule has 0 aliphatic heterocycles. The van der Waals surface area contributed by atoms with E-state index in [0.717, 1.165) is 12.2 Å². The largest absolute Gasteiger partial charge is 0.496 e. The molecule has 2 N–H and O–H groups in total. The minimum Gasteiger partial charge on any atom is -0.496 e. The molecule has 1 rings (SSSR count). The van der Waals surface area contributed by atoms with Crippen molar-refractivity contribution in [2.24, 2.45) is 5.73 Å². The second-order valence-electron chi connectivity index (χ2n) is 4.48. The van der Waals surface area contributed by atoms with E-state index in [1.807, 2.05) is 6.07 Å². The van der Waals surface area contributed by atoms with Crippen LogP contribution in [0.1, 0.15) is 31.9 Å². The second-order valence-corrected chi connectivity index (χ2v) is 4.48. The molecule has 0 bridgehead atoms. The molecule has 84 valence electrons. The van der Waals surface area contributed by atoms with Gasteiger partial charge in [0.25, 0.3) is 0 Å². The van der Waals surface area contributed by atoms with E-state index in [2.05, 4.69) is 32.9 Å². The molecule has 0 saturated carbocycles. The first-order valence-corrected chi connectivity index (χ1v) is 5.42. The van der Waals surface area contributed by atoms with E-state index in [1.54, 1.807) is 7.11 Å². The van der Waals surface area contributed by atoms with Crippen LogP contribution in [0.2, 0.25) is 0 Å². The number of rotatable bonds is 4. The summed E-state index contributed by atoms with van der Waals surface area (Å²) in [6, 6.07) is 6.34. The Hall–Kier alpha value is -1.02. The zero-order valence-corrected chi connectivity index (χ0v) is 10.1.